The van der Waals surface area contributed by atoms with Crippen LogP contribution in [0.3, 0.4) is 0 Å². The van der Waals surface area contributed by atoms with Crippen LogP contribution in [-0.2, 0) is 11.2 Å². The Morgan fingerprint density at radius 1 is 1.10 bits per heavy atom. The third-order valence-electron chi connectivity index (χ3n) is 4.59. The molecule has 0 bridgehead atoms. The normalized spacial score (nSPS) is 10.7. The first-order valence-corrected chi connectivity index (χ1v) is 10.4. The van der Waals surface area contributed by atoms with Crippen molar-refractivity contribution in [1.29, 1.82) is 0 Å². The van der Waals surface area contributed by atoms with Crippen LogP contribution in [-0.4, -0.2) is 23.0 Å². The maximum Gasteiger partial charge on any atom is 0.226 e. The molecule has 152 valence electrons. The molecule has 4 rings (SSSR count). The molecule has 0 aliphatic heterocycles. The first-order chi connectivity index (χ1) is 14.6. The molecule has 0 aliphatic rings. The molecule has 7 heteroatoms. The van der Waals surface area contributed by atoms with E-state index in [0.717, 1.165) is 22.6 Å². The molecule has 0 fully saturated rings. The lowest BCUT2D eigenvalue weighted by Crippen LogP contribution is -2.12. The number of hydrogen-bond donors (Lipinski definition) is 1. The summed E-state index contributed by atoms with van der Waals surface area (Å²) in [6.45, 7) is 2.04. The van der Waals surface area contributed by atoms with Crippen LogP contribution in [0.4, 0.5) is 5.13 Å². The average Bonchev–Trinajstić information content (AvgIpc) is 3.43. The van der Waals surface area contributed by atoms with Crippen molar-refractivity contribution in [3.05, 3.63) is 71.6 Å². The van der Waals surface area contributed by atoms with Gasteiger partial charge in [-0.3, -0.25) is 4.79 Å². The van der Waals surface area contributed by atoms with Crippen LogP contribution in [0, 0.1) is 6.92 Å². The summed E-state index contributed by atoms with van der Waals surface area (Å²) in [5, 5.41) is 5.33. The summed E-state index contributed by atoms with van der Waals surface area (Å²) in [5.74, 6) is 1.91. The van der Waals surface area contributed by atoms with E-state index in [0.29, 0.717) is 23.2 Å². The summed E-state index contributed by atoms with van der Waals surface area (Å²) in [4.78, 5) is 21.1. The van der Waals surface area contributed by atoms with E-state index in [1.165, 1.54) is 16.9 Å². The molecule has 0 unspecified atom stereocenters. The first-order valence-electron chi connectivity index (χ1n) is 9.52. The molecule has 6 nitrogen and oxygen atoms in total. The van der Waals surface area contributed by atoms with Crippen molar-refractivity contribution in [3.63, 3.8) is 0 Å². The number of ether oxygens (including phenoxy) is 1. The van der Waals surface area contributed by atoms with Crippen molar-refractivity contribution in [1.82, 2.24) is 9.97 Å². The molecular weight excluding hydrogens is 398 g/mol. The Hall–Kier alpha value is -3.45. The monoisotopic (exact) mass is 419 g/mol. The molecule has 0 aliphatic carbocycles. The van der Waals surface area contributed by atoms with E-state index in [1.54, 1.807) is 13.3 Å². The minimum Gasteiger partial charge on any atom is -0.497 e. The lowest BCUT2D eigenvalue weighted by molar-refractivity contribution is -0.116. The minimum atomic E-state index is -0.124. The van der Waals surface area contributed by atoms with Gasteiger partial charge in [0.05, 0.1) is 19.0 Å². The fraction of sp³-hybridized carbons (Fsp3) is 0.174. The van der Waals surface area contributed by atoms with Crippen molar-refractivity contribution in [2.24, 2.45) is 0 Å². The van der Waals surface area contributed by atoms with Gasteiger partial charge in [0, 0.05) is 29.3 Å². The molecule has 30 heavy (non-hydrogen) atoms. The van der Waals surface area contributed by atoms with E-state index in [-0.39, 0.29) is 12.3 Å². The van der Waals surface area contributed by atoms with Gasteiger partial charge in [-0.25, -0.2) is 9.97 Å². The largest absolute Gasteiger partial charge is 0.497 e. The van der Waals surface area contributed by atoms with Crippen LogP contribution < -0.4 is 10.1 Å². The minimum absolute atomic E-state index is 0.124. The molecule has 2 aromatic carbocycles. The highest BCUT2D eigenvalue weighted by atomic mass is 32.1. The summed E-state index contributed by atoms with van der Waals surface area (Å²) in [6.07, 6.45) is 2.39. The highest BCUT2D eigenvalue weighted by Gasteiger charge is 2.11. The average molecular weight is 420 g/mol. The third-order valence-corrected chi connectivity index (χ3v) is 5.35. The number of rotatable bonds is 7. The summed E-state index contributed by atoms with van der Waals surface area (Å²) in [6, 6.07) is 15.7. The van der Waals surface area contributed by atoms with E-state index in [9.17, 15) is 4.79 Å². The predicted molar refractivity (Wildman–Crippen MR) is 118 cm³/mol. The Bertz CT molecular complexity index is 1130. The van der Waals surface area contributed by atoms with Gasteiger partial charge in [0.25, 0.3) is 0 Å². The van der Waals surface area contributed by atoms with E-state index in [1.807, 2.05) is 60.8 Å². The quantitative estimate of drug-likeness (QED) is 0.437. The van der Waals surface area contributed by atoms with Crippen LogP contribution in [0.5, 0.6) is 5.75 Å². The van der Waals surface area contributed by atoms with Gasteiger partial charge in [-0.1, -0.05) is 29.8 Å². The number of hydrogen-bond acceptors (Lipinski definition) is 6. The molecule has 0 spiro atoms. The topological polar surface area (TPSA) is 77.2 Å². The SMILES string of the molecule is COc1ccc(-c2csc(NC(=O)CCc3ncc(-c4ccc(C)cc4)o3)n2)cc1. The Kier molecular flexibility index (Phi) is 5.90. The molecule has 1 N–H and O–H groups in total. The predicted octanol–water partition coefficient (Wildman–Crippen LogP) is 5.35. The summed E-state index contributed by atoms with van der Waals surface area (Å²) in [7, 11) is 1.63. The van der Waals surface area contributed by atoms with Crippen molar-refractivity contribution in [2.45, 2.75) is 19.8 Å². The van der Waals surface area contributed by atoms with E-state index < -0.39 is 0 Å². The summed E-state index contributed by atoms with van der Waals surface area (Å²) < 4.78 is 10.9. The van der Waals surface area contributed by atoms with Crippen molar-refractivity contribution < 1.29 is 13.9 Å². The molecular formula is C23H21N3O3S. The van der Waals surface area contributed by atoms with Gasteiger partial charge in [0.1, 0.15) is 5.75 Å². The van der Waals surface area contributed by atoms with Gasteiger partial charge >= 0.3 is 0 Å². The number of amides is 1. The summed E-state index contributed by atoms with van der Waals surface area (Å²) >= 11 is 1.39. The number of benzene rings is 2. The van der Waals surface area contributed by atoms with Crippen molar-refractivity contribution in [2.75, 3.05) is 12.4 Å². The second-order valence-corrected chi connectivity index (χ2v) is 7.66. The molecule has 0 saturated heterocycles. The maximum atomic E-state index is 12.3. The van der Waals surface area contributed by atoms with Gasteiger partial charge in [0.2, 0.25) is 5.91 Å². The molecule has 2 aromatic heterocycles. The van der Waals surface area contributed by atoms with E-state index in [4.69, 9.17) is 9.15 Å². The maximum absolute atomic E-state index is 12.3. The number of nitrogens with zero attached hydrogens (tertiary/aromatic N) is 2. The number of carbonyl (C=O) groups is 1. The lowest BCUT2D eigenvalue weighted by Gasteiger charge is -2.01. The van der Waals surface area contributed by atoms with E-state index in [2.05, 4.69) is 15.3 Å². The van der Waals surface area contributed by atoms with Crippen molar-refractivity contribution >= 4 is 22.4 Å². The highest BCUT2D eigenvalue weighted by molar-refractivity contribution is 7.14. The number of carbonyl (C=O) groups excluding carboxylic acids is 1. The van der Waals surface area contributed by atoms with E-state index >= 15 is 0 Å². The fourth-order valence-electron chi connectivity index (χ4n) is 2.90. The van der Waals surface area contributed by atoms with Crippen LogP contribution in [0.1, 0.15) is 17.9 Å². The first kappa shape index (κ1) is 19.8. The number of thiazole rings is 1. The number of oxazole rings is 1. The highest BCUT2D eigenvalue weighted by Crippen LogP contribution is 2.27. The Balaban J connectivity index is 1.32. The van der Waals surface area contributed by atoms with Gasteiger partial charge in [0.15, 0.2) is 16.8 Å². The van der Waals surface area contributed by atoms with Gasteiger partial charge in [-0.15, -0.1) is 11.3 Å². The molecule has 0 atom stereocenters. The Morgan fingerprint density at radius 2 is 1.83 bits per heavy atom. The standard InChI is InChI=1S/C23H21N3O3S/c1-15-3-5-17(6-4-15)20-13-24-22(29-20)12-11-21(27)26-23-25-19(14-30-23)16-7-9-18(28-2)10-8-16/h3-10,13-14H,11-12H2,1-2H3,(H,25,26,27). The van der Waals surface area contributed by atoms with Gasteiger partial charge in [-0.2, -0.15) is 0 Å². The van der Waals surface area contributed by atoms with Gasteiger partial charge in [-0.05, 0) is 31.2 Å². The molecule has 1 amide bonds. The van der Waals surface area contributed by atoms with Crippen LogP contribution >= 0.6 is 11.3 Å². The molecule has 0 saturated carbocycles. The Labute approximate surface area is 178 Å². The number of methoxy groups -OCH3 is 1. The molecule has 4 aromatic rings. The van der Waals surface area contributed by atoms with Crippen LogP contribution in [0.2, 0.25) is 0 Å². The molecule has 2 heterocycles. The number of nitrogens with one attached hydrogen (secondary N) is 1. The smallest absolute Gasteiger partial charge is 0.226 e. The third kappa shape index (κ3) is 4.75. The fourth-order valence-corrected chi connectivity index (χ4v) is 3.64. The lowest BCUT2D eigenvalue weighted by atomic mass is 10.1. The number of aryl methyl sites for hydroxylation is 2. The van der Waals surface area contributed by atoms with Crippen LogP contribution in [0.15, 0.2) is 64.5 Å². The van der Waals surface area contributed by atoms with Gasteiger partial charge < -0.3 is 14.5 Å². The second kappa shape index (κ2) is 8.92. The Morgan fingerprint density at radius 3 is 2.57 bits per heavy atom. The summed E-state index contributed by atoms with van der Waals surface area (Å²) in [5.41, 5.74) is 3.94. The number of anilines is 1. The molecule has 0 radical (unpaired) electrons. The van der Waals surface area contributed by atoms with Crippen molar-refractivity contribution in [3.8, 4) is 28.3 Å². The zero-order valence-corrected chi connectivity index (χ0v) is 17.5. The zero-order valence-electron chi connectivity index (χ0n) is 16.7. The number of aromatic nitrogens is 2. The zero-order chi connectivity index (χ0) is 20.9. The van der Waals surface area contributed by atoms with Crippen LogP contribution in [0.25, 0.3) is 22.6 Å². The second-order valence-electron chi connectivity index (χ2n) is 6.80.